The molecular weight excluding hydrogens is 414 g/mol. The molecule has 31 heavy (non-hydrogen) atoms. The standard InChI is InChI=1S/C23H31N3O4S/c1-22(2,3)19(20(28)25-16-7-10-24-11-8-16)26-18(27)13-17(15-9-12-31-14-15)21(29)30-23(4,5)6/h7-12,14,17,19H,13H2,1-6H3,(H,26,27)(H,24,25,28)/t17?,19-/m1/s1. The number of carbonyl (C=O) groups excluding carboxylic acids is 3. The Hall–Kier alpha value is -2.74. The van der Waals surface area contributed by atoms with Gasteiger partial charge in [0.1, 0.15) is 11.6 Å². The van der Waals surface area contributed by atoms with E-state index < -0.39 is 34.9 Å². The first kappa shape index (κ1) is 24.5. The minimum atomic E-state index is -0.796. The van der Waals surface area contributed by atoms with Crippen LogP contribution in [0, 0.1) is 5.41 Å². The molecule has 0 spiro atoms. The summed E-state index contributed by atoms with van der Waals surface area (Å²) in [4.78, 5) is 42.5. The van der Waals surface area contributed by atoms with Crippen LogP contribution in [0.2, 0.25) is 0 Å². The van der Waals surface area contributed by atoms with Crippen LogP contribution in [0.1, 0.15) is 59.4 Å². The predicted octanol–water partition coefficient (Wildman–Crippen LogP) is 4.13. The molecular formula is C23H31N3O4S. The van der Waals surface area contributed by atoms with Crippen molar-refractivity contribution in [2.45, 2.75) is 65.5 Å². The van der Waals surface area contributed by atoms with Crippen molar-refractivity contribution < 1.29 is 19.1 Å². The van der Waals surface area contributed by atoms with Crippen molar-refractivity contribution in [3.63, 3.8) is 0 Å². The maximum absolute atomic E-state index is 12.9. The zero-order chi connectivity index (χ0) is 23.2. The molecule has 0 saturated heterocycles. The number of nitrogens with zero attached hydrogens (tertiary/aromatic N) is 1. The van der Waals surface area contributed by atoms with Gasteiger partial charge in [-0.25, -0.2) is 0 Å². The molecule has 0 aliphatic heterocycles. The summed E-state index contributed by atoms with van der Waals surface area (Å²) in [6.45, 7) is 11.0. The Balaban J connectivity index is 2.15. The van der Waals surface area contributed by atoms with Crippen molar-refractivity contribution in [2.75, 3.05) is 5.32 Å². The van der Waals surface area contributed by atoms with Gasteiger partial charge in [0.25, 0.3) is 0 Å². The summed E-state index contributed by atoms with van der Waals surface area (Å²) in [5.41, 5.74) is 0.105. The number of rotatable bonds is 7. The van der Waals surface area contributed by atoms with Crippen LogP contribution in [0.5, 0.6) is 0 Å². The molecule has 0 radical (unpaired) electrons. The molecule has 0 saturated carbocycles. The van der Waals surface area contributed by atoms with Crippen LogP contribution in [0.3, 0.4) is 0 Å². The average Bonchev–Trinajstić information content (AvgIpc) is 3.16. The van der Waals surface area contributed by atoms with E-state index >= 15 is 0 Å². The summed E-state index contributed by atoms with van der Waals surface area (Å²) in [5.74, 6) is -1.94. The molecule has 8 heteroatoms. The van der Waals surface area contributed by atoms with Gasteiger partial charge in [0, 0.05) is 24.5 Å². The molecule has 0 fully saturated rings. The minimum absolute atomic E-state index is 0.110. The molecule has 2 heterocycles. The highest BCUT2D eigenvalue weighted by Crippen LogP contribution is 2.27. The third-order valence-electron chi connectivity index (χ3n) is 4.41. The number of aromatic nitrogens is 1. The van der Waals surface area contributed by atoms with Gasteiger partial charge in [0.05, 0.1) is 5.92 Å². The van der Waals surface area contributed by atoms with E-state index in [4.69, 9.17) is 4.74 Å². The number of hydrogen-bond acceptors (Lipinski definition) is 6. The molecule has 1 unspecified atom stereocenters. The second-order valence-electron chi connectivity index (χ2n) is 9.44. The Kier molecular flexibility index (Phi) is 7.95. The molecule has 2 atom stereocenters. The highest BCUT2D eigenvalue weighted by Gasteiger charge is 2.35. The molecule has 168 valence electrons. The Bertz CT molecular complexity index is 884. The van der Waals surface area contributed by atoms with Gasteiger partial charge in [0.2, 0.25) is 11.8 Å². The first-order chi connectivity index (χ1) is 14.4. The lowest BCUT2D eigenvalue weighted by Gasteiger charge is -2.31. The van der Waals surface area contributed by atoms with Gasteiger partial charge >= 0.3 is 5.97 Å². The highest BCUT2D eigenvalue weighted by molar-refractivity contribution is 7.08. The van der Waals surface area contributed by atoms with Gasteiger partial charge in [-0.3, -0.25) is 19.4 Å². The van der Waals surface area contributed by atoms with E-state index in [-0.39, 0.29) is 12.3 Å². The van der Waals surface area contributed by atoms with Crippen molar-refractivity contribution >= 4 is 34.8 Å². The maximum atomic E-state index is 12.9. The van der Waals surface area contributed by atoms with E-state index in [9.17, 15) is 14.4 Å². The fourth-order valence-corrected chi connectivity index (χ4v) is 3.63. The molecule has 0 aliphatic carbocycles. The number of anilines is 1. The van der Waals surface area contributed by atoms with Gasteiger partial charge in [-0.2, -0.15) is 11.3 Å². The Labute approximate surface area is 187 Å². The zero-order valence-corrected chi connectivity index (χ0v) is 19.7. The summed E-state index contributed by atoms with van der Waals surface area (Å²) < 4.78 is 5.52. The smallest absolute Gasteiger partial charge is 0.314 e. The number of amides is 2. The van der Waals surface area contributed by atoms with Gasteiger partial charge in [-0.15, -0.1) is 0 Å². The summed E-state index contributed by atoms with van der Waals surface area (Å²) >= 11 is 1.45. The van der Waals surface area contributed by atoms with Crippen LogP contribution < -0.4 is 10.6 Å². The number of ether oxygens (including phenoxy) is 1. The molecule has 2 rings (SSSR count). The van der Waals surface area contributed by atoms with E-state index in [0.29, 0.717) is 5.69 Å². The third kappa shape index (κ3) is 7.79. The number of esters is 1. The molecule has 2 aromatic rings. The Morgan fingerprint density at radius 2 is 1.71 bits per heavy atom. The third-order valence-corrected chi connectivity index (χ3v) is 5.11. The van der Waals surface area contributed by atoms with Crippen LogP contribution in [0.4, 0.5) is 5.69 Å². The number of thiophene rings is 1. The lowest BCUT2D eigenvalue weighted by Crippen LogP contribution is -2.51. The quantitative estimate of drug-likeness (QED) is 0.625. The second-order valence-corrected chi connectivity index (χ2v) is 10.2. The van der Waals surface area contributed by atoms with Crippen molar-refractivity contribution in [2.24, 2.45) is 5.41 Å². The number of nitrogens with one attached hydrogen (secondary N) is 2. The zero-order valence-electron chi connectivity index (χ0n) is 18.9. The molecule has 2 aromatic heterocycles. The Morgan fingerprint density at radius 1 is 1.06 bits per heavy atom. The van der Waals surface area contributed by atoms with Crippen LogP contribution in [-0.4, -0.2) is 34.4 Å². The molecule has 0 aromatic carbocycles. The van der Waals surface area contributed by atoms with Gasteiger partial charge in [-0.1, -0.05) is 20.8 Å². The summed E-state index contributed by atoms with van der Waals surface area (Å²) in [6.07, 6.45) is 3.04. The van der Waals surface area contributed by atoms with Crippen LogP contribution >= 0.6 is 11.3 Å². The molecule has 2 amide bonds. The summed E-state index contributed by atoms with van der Waals surface area (Å²) in [6, 6.07) is 4.36. The lowest BCUT2D eigenvalue weighted by molar-refractivity contribution is -0.157. The lowest BCUT2D eigenvalue weighted by atomic mass is 9.85. The van der Waals surface area contributed by atoms with Gasteiger partial charge in [0.15, 0.2) is 0 Å². The maximum Gasteiger partial charge on any atom is 0.314 e. The largest absolute Gasteiger partial charge is 0.459 e. The molecule has 0 aliphatic rings. The van der Waals surface area contributed by atoms with Crippen molar-refractivity contribution in [3.8, 4) is 0 Å². The normalized spacial score (nSPS) is 13.7. The molecule has 2 N–H and O–H groups in total. The summed E-state index contributed by atoms with van der Waals surface area (Å²) in [7, 11) is 0. The SMILES string of the molecule is CC(C)(C)OC(=O)C(CC(=O)N[C@H](C(=O)Nc1ccncc1)C(C)(C)C)c1ccsc1. The monoisotopic (exact) mass is 445 g/mol. The highest BCUT2D eigenvalue weighted by atomic mass is 32.1. The number of carbonyl (C=O) groups is 3. The second kappa shape index (κ2) is 10.0. The number of pyridine rings is 1. The average molecular weight is 446 g/mol. The first-order valence-electron chi connectivity index (χ1n) is 10.1. The van der Waals surface area contributed by atoms with Crippen LogP contribution in [-0.2, 0) is 19.1 Å². The van der Waals surface area contributed by atoms with E-state index in [1.165, 1.54) is 11.3 Å². The fourth-order valence-electron chi connectivity index (χ4n) is 2.91. The summed E-state index contributed by atoms with van der Waals surface area (Å²) in [5, 5.41) is 9.31. The van der Waals surface area contributed by atoms with E-state index in [1.807, 2.05) is 37.6 Å². The predicted molar refractivity (Wildman–Crippen MR) is 122 cm³/mol. The van der Waals surface area contributed by atoms with Crippen molar-refractivity contribution in [1.29, 1.82) is 0 Å². The molecule has 7 nitrogen and oxygen atoms in total. The first-order valence-corrected chi connectivity index (χ1v) is 11.1. The topological polar surface area (TPSA) is 97.4 Å². The number of hydrogen-bond donors (Lipinski definition) is 2. The van der Waals surface area contributed by atoms with Crippen molar-refractivity contribution in [3.05, 3.63) is 46.9 Å². The molecule has 0 bridgehead atoms. The van der Waals surface area contributed by atoms with E-state index in [2.05, 4.69) is 15.6 Å². The van der Waals surface area contributed by atoms with Crippen molar-refractivity contribution in [1.82, 2.24) is 10.3 Å². The van der Waals surface area contributed by atoms with E-state index in [0.717, 1.165) is 5.56 Å². The fraction of sp³-hybridized carbons (Fsp3) is 0.478. The van der Waals surface area contributed by atoms with Crippen LogP contribution in [0.15, 0.2) is 41.4 Å². The minimum Gasteiger partial charge on any atom is -0.459 e. The van der Waals surface area contributed by atoms with Gasteiger partial charge < -0.3 is 15.4 Å². The van der Waals surface area contributed by atoms with Crippen LogP contribution in [0.25, 0.3) is 0 Å². The Morgan fingerprint density at radius 3 is 2.23 bits per heavy atom. The van der Waals surface area contributed by atoms with E-state index in [1.54, 1.807) is 45.3 Å². The van der Waals surface area contributed by atoms with Gasteiger partial charge in [-0.05, 0) is 60.7 Å².